The number of amides is 1. The van der Waals surface area contributed by atoms with Gasteiger partial charge in [-0.2, -0.15) is 0 Å². The third-order valence-corrected chi connectivity index (χ3v) is 4.42. The zero-order valence-corrected chi connectivity index (χ0v) is 11.5. The second-order valence-electron chi connectivity index (χ2n) is 6.07. The normalized spacial score (nSPS) is 23.2. The Kier molecular flexibility index (Phi) is 4.20. The van der Waals surface area contributed by atoms with Gasteiger partial charge in [-0.3, -0.25) is 4.79 Å². The lowest BCUT2D eigenvalue weighted by Gasteiger charge is -2.10. The van der Waals surface area contributed by atoms with Crippen LogP contribution in [0.2, 0.25) is 0 Å². The third kappa shape index (κ3) is 2.80. The number of carbonyl (C=O) groups is 1. The van der Waals surface area contributed by atoms with Gasteiger partial charge in [0, 0.05) is 19.6 Å². The summed E-state index contributed by atoms with van der Waals surface area (Å²) in [5.74, 6) is 0.180. The van der Waals surface area contributed by atoms with E-state index in [4.69, 9.17) is 4.74 Å². The van der Waals surface area contributed by atoms with E-state index in [9.17, 15) is 9.90 Å². The zero-order chi connectivity index (χ0) is 13.3. The smallest absolute Gasteiger partial charge is 0.224 e. The van der Waals surface area contributed by atoms with Gasteiger partial charge >= 0.3 is 0 Å². The van der Waals surface area contributed by atoms with Gasteiger partial charge in [-0.1, -0.05) is 27.7 Å². The van der Waals surface area contributed by atoms with Crippen LogP contribution in [0.1, 0.15) is 34.1 Å². The summed E-state index contributed by atoms with van der Waals surface area (Å²) in [5, 5.41) is 12.3. The number of hydrogen-bond acceptors (Lipinski definition) is 3. The maximum atomic E-state index is 12.0. The standard InChI is InChI=1S/C13H25NO3/c1-12(2)10(13(12,3)4)11(16)14-7-6-9(15)8-17-5/h9-10,15H,6-8H2,1-5H3,(H,14,16). The first-order valence-electron chi connectivity index (χ1n) is 6.20. The molecule has 1 unspecified atom stereocenters. The van der Waals surface area contributed by atoms with E-state index < -0.39 is 6.10 Å². The van der Waals surface area contributed by atoms with Gasteiger partial charge in [-0.25, -0.2) is 0 Å². The number of carbonyl (C=O) groups excluding carboxylic acids is 1. The topological polar surface area (TPSA) is 58.6 Å². The van der Waals surface area contributed by atoms with E-state index in [1.165, 1.54) is 0 Å². The van der Waals surface area contributed by atoms with Gasteiger partial charge in [0.1, 0.15) is 0 Å². The van der Waals surface area contributed by atoms with Gasteiger partial charge in [0.25, 0.3) is 0 Å². The summed E-state index contributed by atoms with van der Waals surface area (Å²) in [5.41, 5.74) is 0.143. The molecule has 4 heteroatoms. The van der Waals surface area contributed by atoms with Gasteiger partial charge in [-0.05, 0) is 17.3 Å². The van der Waals surface area contributed by atoms with Gasteiger partial charge in [0.05, 0.1) is 12.7 Å². The number of hydrogen-bond donors (Lipinski definition) is 2. The van der Waals surface area contributed by atoms with E-state index >= 15 is 0 Å². The zero-order valence-electron chi connectivity index (χ0n) is 11.5. The molecule has 0 saturated heterocycles. The van der Waals surface area contributed by atoms with Crippen LogP contribution < -0.4 is 5.32 Å². The first kappa shape index (κ1) is 14.5. The molecule has 1 aliphatic carbocycles. The van der Waals surface area contributed by atoms with Crippen molar-refractivity contribution < 1.29 is 14.6 Å². The number of nitrogens with one attached hydrogen (secondary N) is 1. The molecule has 2 N–H and O–H groups in total. The molecule has 0 heterocycles. The minimum Gasteiger partial charge on any atom is -0.391 e. The number of rotatable bonds is 6. The fourth-order valence-electron chi connectivity index (χ4n) is 2.59. The number of ether oxygens (including phenoxy) is 1. The van der Waals surface area contributed by atoms with E-state index in [2.05, 4.69) is 33.0 Å². The molecule has 0 spiro atoms. The number of aliphatic hydroxyl groups is 1. The molecule has 1 saturated carbocycles. The van der Waals surface area contributed by atoms with Crippen LogP contribution in [0, 0.1) is 16.7 Å². The number of methoxy groups -OCH3 is 1. The highest BCUT2D eigenvalue weighted by atomic mass is 16.5. The van der Waals surface area contributed by atoms with Crippen LogP contribution in [0.3, 0.4) is 0 Å². The average Bonchev–Trinajstić information content (AvgIpc) is 2.57. The first-order valence-corrected chi connectivity index (χ1v) is 6.20. The molecule has 1 aliphatic rings. The van der Waals surface area contributed by atoms with Crippen LogP contribution in [0.25, 0.3) is 0 Å². The second kappa shape index (κ2) is 4.94. The highest BCUT2D eigenvalue weighted by Crippen LogP contribution is 2.68. The van der Waals surface area contributed by atoms with E-state index in [1.807, 2.05) is 0 Å². The van der Waals surface area contributed by atoms with E-state index in [0.29, 0.717) is 19.6 Å². The molecule has 0 aliphatic heterocycles. The van der Waals surface area contributed by atoms with Gasteiger partial charge in [0.15, 0.2) is 0 Å². The average molecular weight is 243 g/mol. The lowest BCUT2D eigenvalue weighted by molar-refractivity contribution is -0.123. The molecule has 0 aromatic heterocycles. The Labute approximate surface area is 104 Å². The molecule has 1 atom stereocenters. The third-order valence-electron chi connectivity index (χ3n) is 4.42. The molecular weight excluding hydrogens is 218 g/mol. The summed E-state index contributed by atoms with van der Waals surface area (Å²) in [6.07, 6.45) is 0.0354. The van der Waals surface area contributed by atoms with Gasteiger partial charge in [0.2, 0.25) is 5.91 Å². The molecule has 0 aromatic rings. The summed E-state index contributed by atoms with van der Waals surface area (Å²) >= 11 is 0. The summed E-state index contributed by atoms with van der Waals surface area (Å²) < 4.78 is 4.82. The summed E-state index contributed by atoms with van der Waals surface area (Å²) in [6, 6.07) is 0. The molecule has 100 valence electrons. The molecule has 4 nitrogen and oxygen atoms in total. The molecule has 1 rings (SSSR count). The fraction of sp³-hybridized carbons (Fsp3) is 0.923. The molecule has 0 radical (unpaired) electrons. The minimum atomic E-state index is -0.500. The molecule has 17 heavy (non-hydrogen) atoms. The van der Waals surface area contributed by atoms with Crippen LogP contribution in [0.4, 0.5) is 0 Å². The molecule has 1 fully saturated rings. The predicted molar refractivity (Wildman–Crippen MR) is 66.6 cm³/mol. The van der Waals surface area contributed by atoms with Crippen LogP contribution in [0.5, 0.6) is 0 Å². The second-order valence-corrected chi connectivity index (χ2v) is 6.07. The first-order chi connectivity index (χ1) is 7.75. The Bertz CT molecular complexity index is 272. The summed E-state index contributed by atoms with van der Waals surface area (Å²) in [7, 11) is 1.55. The van der Waals surface area contributed by atoms with E-state index in [1.54, 1.807) is 7.11 Å². The minimum absolute atomic E-state index is 0.0717. The molecular formula is C13H25NO3. The Morgan fingerprint density at radius 3 is 2.29 bits per heavy atom. The van der Waals surface area contributed by atoms with Gasteiger partial charge in [-0.15, -0.1) is 0 Å². The van der Waals surface area contributed by atoms with Crippen LogP contribution >= 0.6 is 0 Å². The van der Waals surface area contributed by atoms with E-state index in [-0.39, 0.29) is 22.7 Å². The van der Waals surface area contributed by atoms with Gasteiger partial charge < -0.3 is 15.2 Å². The molecule has 1 amide bonds. The Morgan fingerprint density at radius 1 is 1.35 bits per heavy atom. The van der Waals surface area contributed by atoms with Crippen molar-refractivity contribution in [3.05, 3.63) is 0 Å². The Morgan fingerprint density at radius 2 is 1.88 bits per heavy atom. The molecule has 0 bridgehead atoms. The van der Waals surface area contributed by atoms with Crippen LogP contribution in [0.15, 0.2) is 0 Å². The van der Waals surface area contributed by atoms with Crippen molar-refractivity contribution in [2.75, 3.05) is 20.3 Å². The predicted octanol–water partition coefficient (Wildman–Crippen LogP) is 1.18. The SMILES string of the molecule is COCC(O)CCNC(=O)C1C(C)(C)C1(C)C. The van der Waals surface area contributed by atoms with Crippen molar-refractivity contribution in [1.29, 1.82) is 0 Å². The van der Waals surface area contributed by atoms with Crippen molar-refractivity contribution >= 4 is 5.91 Å². The largest absolute Gasteiger partial charge is 0.391 e. The number of aliphatic hydroxyl groups excluding tert-OH is 1. The van der Waals surface area contributed by atoms with Crippen LogP contribution in [-0.4, -0.2) is 37.4 Å². The lowest BCUT2D eigenvalue weighted by atomic mass is 10.0. The van der Waals surface area contributed by atoms with Crippen molar-refractivity contribution in [2.24, 2.45) is 16.7 Å². The fourth-order valence-corrected chi connectivity index (χ4v) is 2.59. The van der Waals surface area contributed by atoms with Crippen molar-refractivity contribution in [3.63, 3.8) is 0 Å². The summed E-state index contributed by atoms with van der Waals surface area (Å²) in [4.78, 5) is 12.0. The quantitative estimate of drug-likeness (QED) is 0.736. The van der Waals surface area contributed by atoms with Crippen molar-refractivity contribution in [2.45, 2.75) is 40.2 Å². The maximum absolute atomic E-state index is 12.0. The summed E-state index contributed by atoms with van der Waals surface area (Å²) in [6.45, 7) is 9.31. The molecule has 0 aromatic carbocycles. The Hall–Kier alpha value is -0.610. The Balaban J connectivity index is 2.28. The highest BCUT2D eigenvalue weighted by Gasteiger charge is 2.68. The highest BCUT2D eigenvalue weighted by molar-refractivity contribution is 5.84. The van der Waals surface area contributed by atoms with Crippen LogP contribution in [-0.2, 0) is 9.53 Å². The lowest BCUT2D eigenvalue weighted by Crippen LogP contribution is -2.31. The maximum Gasteiger partial charge on any atom is 0.224 e. The van der Waals surface area contributed by atoms with E-state index in [0.717, 1.165) is 0 Å². The van der Waals surface area contributed by atoms with Crippen molar-refractivity contribution in [1.82, 2.24) is 5.32 Å². The monoisotopic (exact) mass is 243 g/mol. The van der Waals surface area contributed by atoms with Crippen molar-refractivity contribution in [3.8, 4) is 0 Å².